The first-order valence-corrected chi connectivity index (χ1v) is 8.16. The lowest BCUT2D eigenvalue weighted by molar-refractivity contribution is 0.297. The van der Waals surface area contributed by atoms with Gasteiger partial charge < -0.3 is 10.2 Å². The largest absolute Gasteiger partial charge is 0.345 e. The monoisotopic (exact) mass is 281 g/mol. The molecular weight excluding hydrogens is 254 g/mol. The minimum atomic E-state index is 0.390. The summed E-state index contributed by atoms with van der Waals surface area (Å²) in [6, 6.07) is 0.987. The van der Waals surface area contributed by atoms with Gasteiger partial charge in [0.15, 0.2) is 5.13 Å². The average Bonchev–Trinajstić information content (AvgIpc) is 2.74. The van der Waals surface area contributed by atoms with E-state index in [9.17, 15) is 0 Å². The Hall–Kier alpha value is -0.610. The van der Waals surface area contributed by atoms with Crippen LogP contribution in [0.5, 0.6) is 0 Å². The third-order valence-corrected chi connectivity index (χ3v) is 5.87. The molecule has 108 valence electrons. The van der Waals surface area contributed by atoms with Crippen LogP contribution in [0.1, 0.15) is 50.7 Å². The maximum atomic E-state index is 4.83. The lowest BCUT2D eigenvalue weighted by Gasteiger charge is -2.41. The summed E-state index contributed by atoms with van der Waals surface area (Å²) >= 11 is 1.86. The minimum absolute atomic E-state index is 0.390. The first-order valence-electron chi connectivity index (χ1n) is 7.35. The van der Waals surface area contributed by atoms with Crippen LogP contribution in [-0.2, 0) is 0 Å². The number of aryl methyl sites for hydroxylation is 1. The Morgan fingerprint density at radius 3 is 2.68 bits per heavy atom. The summed E-state index contributed by atoms with van der Waals surface area (Å²) in [5.41, 5.74) is 1.18. The van der Waals surface area contributed by atoms with Crippen LogP contribution in [0.3, 0.4) is 0 Å². The third kappa shape index (κ3) is 2.95. The number of thiazole rings is 1. The van der Waals surface area contributed by atoms with Crippen molar-refractivity contribution in [3.05, 3.63) is 10.6 Å². The van der Waals surface area contributed by atoms with E-state index in [2.05, 4.69) is 44.8 Å². The van der Waals surface area contributed by atoms with Gasteiger partial charge in [0.05, 0.1) is 5.69 Å². The van der Waals surface area contributed by atoms with Crippen LogP contribution in [0.15, 0.2) is 0 Å². The highest BCUT2D eigenvalue weighted by Crippen LogP contribution is 2.36. The highest BCUT2D eigenvalue weighted by Gasteiger charge is 2.31. The average molecular weight is 281 g/mol. The van der Waals surface area contributed by atoms with Gasteiger partial charge in [0.25, 0.3) is 0 Å². The van der Waals surface area contributed by atoms with Crippen molar-refractivity contribution in [2.75, 3.05) is 18.5 Å². The predicted octanol–water partition coefficient (Wildman–Crippen LogP) is 3.60. The van der Waals surface area contributed by atoms with E-state index in [1.165, 1.54) is 22.1 Å². The van der Waals surface area contributed by atoms with Crippen LogP contribution >= 0.6 is 11.3 Å². The fraction of sp³-hybridized carbons (Fsp3) is 0.800. The number of hydrogen-bond acceptors (Lipinski definition) is 4. The Balaban J connectivity index is 2.26. The second kappa shape index (κ2) is 5.80. The van der Waals surface area contributed by atoms with Gasteiger partial charge in [0.2, 0.25) is 0 Å². The molecule has 19 heavy (non-hydrogen) atoms. The van der Waals surface area contributed by atoms with Crippen molar-refractivity contribution in [1.29, 1.82) is 0 Å². The van der Waals surface area contributed by atoms with Crippen molar-refractivity contribution >= 4 is 16.5 Å². The molecule has 1 aliphatic heterocycles. The molecule has 1 saturated heterocycles. The van der Waals surface area contributed by atoms with Gasteiger partial charge in [-0.25, -0.2) is 4.98 Å². The smallest absolute Gasteiger partial charge is 0.186 e. The molecule has 0 spiro atoms. The summed E-state index contributed by atoms with van der Waals surface area (Å²) in [6.07, 6.45) is 1.34. The number of aromatic nitrogens is 1. The van der Waals surface area contributed by atoms with Crippen molar-refractivity contribution < 1.29 is 0 Å². The van der Waals surface area contributed by atoms with E-state index in [-0.39, 0.29) is 0 Å². The Morgan fingerprint density at radius 1 is 1.37 bits per heavy atom. The molecule has 2 rings (SSSR count). The molecule has 4 unspecified atom stereocenters. The molecule has 2 heterocycles. The van der Waals surface area contributed by atoms with E-state index < -0.39 is 0 Å². The first kappa shape index (κ1) is 14.8. The molecule has 0 radical (unpaired) electrons. The predicted molar refractivity (Wildman–Crippen MR) is 84.1 cm³/mol. The van der Waals surface area contributed by atoms with E-state index in [0.717, 1.165) is 18.4 Å². The van der Waals surface area contributed by atoms with Crippen LogP contribution < -0.4 is 10.2 Å². The van der Waals surface area contributed by atoms with Gasteiger partial charge in [-0.05, 0) is 46.1 Å². The highest BCUT2D eigenvalue weighted by molar-refractivity contribution is 7.15. The second-order valence-corrected chi connectivity index (χ2v) is 7.18. The molecule has 1 N–H and O–H groups in total. The topological polar surface area (TPSA) is 28.2 Å². The lowest BCUT2D eigenvalue weighted by Crippen LogP contribution is -2.45. The van der Waals surface area contributed by atoms with E-state index >= 15 is 0 Å². The SMILES string of the molecule is CNC(C)c1sc(N2CC(C)CC(C)C2C)nc1C. The Labute approximate surface area is 121 Å². The van der Waals surface area contributed by atoms with Gasteiger partial charge in [-0.15, -0.1) is 11.3 Å². The number of nitrogens with zero attached hydrogens (tertiary/aromatic N) is 2. The highest BCUT2D eigenvalue weighted by atomic mass is 32.1. The van der Waals surface area contributed by atoms with Gasteiger partial charge >= 0.3 is 0 Å². The molecule has 1 aromatic heterocycles. The molecule has 0 amide bonds. The summed E-state index contributed by atoms with van der Waals surface area (Å²) in [4.78, 5) is 8.71. The second-order valence-electron chi connectivity index (χ2n) is 6.17. The molecule has 0 aliphatic carbocycles. The van der Waals surface area contributed by atoms with Crippen molar-refractivity contribution in [3.63, 3.8) is 0 Å². The number of nitrogens with one attached hydrogen (secondary N) is 1. The zero-order valence-electron chi connectivity index (χ0n) is 13.0. The summed E-state index contributed by atoms with van der Waals surface area (Å²) < 4.78 is 0. The summed E-state index contributed by atoms with van der Waals surface area (Å²) in [6.45, 7) is 12.5. The van der Waals surface area contributed by atoms with E-state index in [1.807, 2.05) is 18.4 Å². The maximum Gasteiger partial charge on any atom is 0.186 e. The fourth-order valence-electron chi connectivity index (χ4n) is 3.02. The quantitative estimate of drug-likeness (QED) is 0.917. The van der Waals surface area contributed by atoms with E-state index in [1.54, 1.807) is 0 Å². The van der Waals surface area contributed by atoms with Crippen LogP contribution in [0.4, 0.5) is 5.13 Å². The van der Waals surface area contributed by atoms with Crippen molar-refractivity contribution in [1.82, 2.24) is 10.3 Å². The summed E-state index contributed by atoms with van der Waals surface area (Å²) in [5, 5.41) is 4.53. The minimum Gasteiger partial charge on any atom is -0.345 e. The number of hydrogen-bond donors (Lipinski definition) is 1. The molecule has 4 atom stereocenters. The van der Waals surface area contributed by atoms with Gasteiger partial charge in [0, 0.05) is 23.5 Å². The van der Waals surface area contributed by atoms with Gasteiger partial charge in [-0.2, -0.15) is 0 Å². The van der Waals surface area contributed by atoms with Gasteiger partial charge in [-0.3, -0.25) is 0 Å². The van der Waals surface area contributed by atoms with Gasteiger partial charge in [-0.1, -0.05) is 13.8 Å². The Kier molecular flexibility index (Phi) is 4.51. The van der Waals surface area contributed by atoms with Crippen molar-refractivity contribution in [2.24, 2.45) is 11.8 Å². The van der Waals surface area contributed by atoms with Crippen LogP contribution in [0.25, 0.3) is 0 Å². The summed E-state index contributed by atoms with van der Waals surface area (Å²) in [7, 11) is 2.01. The molecule has 3 nitrogen and oxygen atoms in total. The molecule has 1 fully saturated rings. The van der Waals surface area contributed by atoms with E-state index in [4.69, 9.17) is 4.98 Å². The van der Waals surface area contributed by atoms with Gasteiger partial charge in [0.1, 0.15) is 0 Å². The van der Waals surface area contributed by atoms with Crippen LogP contribution in [0.2, 0.25) is 0 Å². The van der Waals surface area contributed by atoms with E-state index in [0.29, 0.717) is 12.1 Å². The van der Waals surface area contributed by atoms with Crippen molar-refractivity contribution in [3.8, 4) is 0 Å². The number of piperidine rings is 1. The zero-order valence-corrected chi connectivity index (χ0v) is 13.8. The Morgan fingerprint density at radius 2 is 2.05 bits per heavy atom. The normalized spacial score (nSPS) is 29.6. The molecule has 4 heteroatoms. The zero-order chi connectivity index (χ0) is 14.2. The first-order chi connectivity index (χ1) is 8.93. The molecule has 0 aromatic carbocycles. The van der Waals surface area contributed by atoms with Crippen LogP contribution in [-0.4, -0.2) is 24.6 Å². The fourth-order valence-corrected chi connectivity index (χ4v) is 4.24. The molecule has 0 bridgehead atoms. The number of rotatable bonds is 3. The molecule has 0 saturated carbocycles. The number of anilines is 1. The van der Waals surface area contributed by atoms with Crippen molar-refractivity contribution in [2.45, 2.75) is 53.1 Å². The Bertz CT molecular complexity index is 429. The maximum absolute atomic E-state index is 4.83. The molecular formula is C15H27N3S. The third-order valence-electron chi connectivity index (χ3n) is 4.49. The lowest BCUT2D eigenvalue weighted by atomic mass is 9.86. The standard InChI is InChI=1S/C15H27N3S/c1-9-7-10(2)13(5)18(8-9)15-17-12(4)14(19-15)11(3)16-6/h9-11,13,16H,7-8H2,1-6H3. The molecule has 1 aromatic rings. The van der Waals surface area contributed by atoms with Crippen LogP contribution in [0, 0.1) is 18.8 Å². The summed E-state index contributed by atoms with van der Waals surface area (Å²) in [5.74, 6) is 1.51. The molecule has 1 aliphatic rings.